The van der Waals surface area contributed by atoms with Crippen LogP contribution in [0.2, 0.25) is 0 Å². The van der Waals surface area contributed by atoms with E-state index in [4.69, 9.17) is 13.9 Å². The number of carbonyl (C=O) groups excluding carboxylic acids is 1. The van der Waals surface area contributed by atoms with Crippen molar-refractivity contribution in [3.8, 4) is 5.75 Å². The molecule has 1 N–H and O–H groups in total. The third-order valence-corrected chi connectivity index (χ3v) is 2.91. The van der Waals surface area contributed by atoms with E-state index in [1.807, 2.05) is 30.3 Å². The minimum absolute atomic E-state index is 0.0137. The third kappa shape index (κ3) is 4.96. The normalized spacial score (nSPS) is 11.3. The van der Waals surface area contributed by atoms with Gasteiger partial charge in [0.05, 0.1) is 6.61 Å². The van der Waals surface area contributed by atoms with Crippen LogP contribution in [-0.4, -0.2) is 16.7 Å². The van der Waals surface area contributed by atoms with Gasteiger partial charge in [0.2, 0.25) is 11.2 Å². The van der Waals surface area contributed by atoms with Crippen LogP contribution in [0.25, 0.3) is 0 Å². The molecule has 0 amide bonds. The average molecular weight is 332 g/mol. The molecular weight excluding hydrogens is 312 g/mol. The maximum Gasteiger partial charge on any atom is 0.378 e. The Morgan fingerprint density at radius 3 is 2.46 bits per heavy atom. The van der Waals surface area contributed by atoms with Crippen LogP contribution in [0.15, 0.2) is 45.6 Å². The summed E-state index contributed by atoms with van der Waals surface area (Å²) in [5.74, 6) is -2.05. The third-order valence-electron chi connectivity index (χ3n) is 2.91. The number of esters is 1. The van der Waals surface area contributed by atoms with Crippen molar-refractivity contribution >= 4 is 5.97 Å². The van der Waals surface area contributed by atoms with Gasteiger partial charge in [-0.25, -0.2) is 4.79 Å². The molecule has 0 fully saturated rings. The lowest BCUT2D eigenvalue weighted by Gasteiger charge is -2.19. The highest BCUT2D eigenvalue weighted by Gasteiger charge is 2.25. The quantitative estimate of drug-likeness (QED) is 0.847. The second kappa shape index (κ2) is 7.31. The van der Waals surface area contributed by atoms with Crippen LogP contribution in [0.1, 0.15) is 42.6 Å². The molecule has 0 atom stereocenters. The molecule has 0 saturated heterocycles. The van der Waals surface area contributed by atoms with Crippen molar-refractivity contribution in [1.29, 1.82) is 0 Å². The molecule has 1 heterocycles. The smallest absolute Gasteiger partial charge is 0.378 e. The SMILES string of the molecule is CC(C)(C)OC(=O)c1oc(COCc2ccccc2)cc(=O)c1O. The monoisotopic (exact) mass is 332 g/mol. The highest BCUT2D eigenvalue weighted by molar-refractivity contribution is 5.89. The Morgan fingerprint density at radius 2 is 1.83 bits per heavy atom. The van der Waals surface area contributed by atoms with Gasteiger partial charge >= 0.3 is 5.97 Å². The molecule has 1 aromatic heterocycles. The van der Waals surface area contributed by atoms with Gasteiger partial charge in [0.25, 0.3) is 5.76 Å². The second-order valence-electron chi connectivity index (χ2n) is 6.23. The maximum atomic E-state index is 12.0. The first-order chi connectivity index (χ1) is 11.3. The fraction of sp³-hybridized carbons (Fsp3) is 0.333. The van der Waals surface area contributed by atoms with E-state index in [1.54, 1.807) is 20.8 Å². The zero-order valence-corrected chi connectivity index (χ0v) is 13.9. The largest absolute Gasteiger partial charge is 0.501 e. The van der Waals surface area contributed by atoms with Gasteiger partial charge in [-0.05, 0) is 26.3 Å². The summed E-state index contributed by atoms with van der Waals surface area (Å²) in [6.45, 7) is 5.33. The lowest BCUT2D eigenvalue weighted by atomic mass is 10.2. The first-order valence-electron chi connectivity index (χ1n) is 7.47. The summed E-state index contributed by atoms with van der Waals surface area (Å²) in [6, 6.07) is 10.6. The van der Waals surface area contributed by atoms with Crippen molar-refractivity contribution in [3.63, 3.8) is 0 Å². The summed E-state index contributed by atoms with van der Waals surface area (Å²) >= 11 is 0. The number of benzene rings is 1. The van der Waals surface area contributed by atoms with Gasteiger partial charge in [-0.3, -0.25) is 4.79 Å². The minimum atomic E-state index is -0.901. The van der Waals surface area contributed by atoms with Crippen molar-refractivity contribution in [3.05, 3.63) is 63.7 Å². The standard InChI is InChI=1S/C18H20O6/c1-18(2,3)24-17(21)16-15(20)14(19)9-13(23-16)11-22-10-12-7-5-4-6-8-12/h4-9,20H,10-11H2,1-3H3. The number of hydrogen-bond acceptors (Lipinski definition) is 6. The number of aromatic hydroxyl groups is 1. The zero-order valence-electron chi connectivity index (χ0n) is 13.9. The molecule has 6 heteroatoms. The molecule has 0 radical (unpaired) electrons. The van der Waals surface area contributed by atoms with E-state index in [2.05, 4.69) is 0 Å². The van der Waals surface area contributed by atoms with Crippen molar-refractivity contribution < 1.29 is 23.8 Å². The molecule has 24 heavy (non-hydrogen) atoms. The van der Waals surface area contributed by atoms with E-state index in [0.29, 0.717) is 6.61 Å². The Labute approximate surface area is 139 Å². The van der Waals surface area contributed by atoms with Crippen LogP contribution in [0.5, 0.6) is 5.75 Å². The molecule has 0 bridgehead atoms. The van der Waals surface area contributed by atoms with E-state index in [9.17, 15) is 14.7 Å². The van der Waals surface area contributed by atoms with Crippen LogP contribution in [-0.2, 0) is 22.7 Å². The van der Waals surface area contributed by atoms with Gasteiger partial charge in [0.15, 0.2) is 0 Å². The van der Waals surface area contributed by atoms with Crippen LogP contribution < -0.4 is 5.43 Å². The Hall–Kier alpha value is -2.60. The van der Waals surface area contributed by atoms with Crippen molar-refractivity contribution in [2.45, 2.75) is 39.6 Å². The van der Waals surface area contributed by atoms with Crippen LogP contribution >= 0.6 is 0 Å². The fourth-order valence-corrected chi connectivity index (χ4v) is 1.91. The van der Waals surface area contributed by atoms with Gasteiger partial charge < -0.3 is 19.0 Å². The molecule has 6 nitrogen and oxygen atoms in total. The van der Waals surface area contributed by atoms with E-state index in [0.717, 1.165) is 11.6 Å². The first-order valence-corrected chi connectivity index (χ1v) is 7.47. The predicted octanol–water partition coefficient (Wildman–Crippen LogP) is 3.02. The second-order valence-corrected chi connectivity index (χ2v) is 6.23. The van der Waals surface area contributed by atoms with Gasteiger partial charge in [-0.1, -0.05) is 30.3 Å². The summed E-state index contributed by atoms with van der Waals surface area (Å²) in [5, 5.41) is 9.74. The van der Waals surface area contributed by atoms with E-state index >= 15 is 0 Å². The lowest BCUT2D eigenvalue weighted by Crippen LogP contribution is -2.25. The zero-order chi connectivity index (χ0) is 17.7. The van der Waals surface area contributed by atoms with Crippen molar-refractivity contribution in [2.75, 3.05) is 0 Å². The van der Waals surface area contributed by atoms with Crippen LogP contribution in [0.4, 0.5) is 0 Å². The summed E-state index contributed by atoms with van der Waals surface area (Å²) in [6.07, 6.45) is 0. The number of hydrogen-bond donors (Lipinski definition) is 1. The van der Waals surface area contributed by atoms with Gasteiger partial charge in [0.1, 0.15) is 18.0 Å². The summed E-state index contributed by atoms with van der Waals surface area (Å²) in [5.41, 5.74) is -0.534. The Balaban J connectivity index is 2.11. The Bertz CT molecular complexity index is 755. The topological polar surface area (TPSA) is 86.0 Å². The first kappa shape index (κ1) is 17.7. The number of carbonyl (C=O) groups is 1. The van der Waals surface area contributed by atoms with Gasteiger partial charge in [-0.15, -0.1) is 0 Å². The molecule has 0 saturated carbocycles. The summed E-state index contributed by atoms with van der Waals surface area (Å²) < 4.78 is 15.9. The molecule has 0 aliphatic heterocycles. The molecule has 1 aromatic carbocycles. The Kier molecular flexibility index (Phi) is 5.41. The molecule has 0 spiro atoms. The lowest BCUT2D eigenvalue weighted by molar-refractivity contribution is 0.00200. The number of rotatable bonds is 5. The Morgan fingerprint density at radius 1 is 1.17 bits per heavy atom. The molecular formula is C18H20O6. The van der Waals surface area contributed by atoms with Crippen molar-refractivity contribution in [2.24, 2.45) is 0 Å². The maximum absolute atomic E-state index is 12.0. The van der Waals surface area contributed by atoms with E-state index in [-0.39, 0.29) is 12.4 Å². The minimum Gasteiger partial charge on any atom is -0.501 e. The highest BCUT2D eigenvalue weighted by Crippen LogP contribution is 2.19. The summed E-state index contributed by atoms with van der Waals surface area (Å²) in [4.78, 5) is 23.8. The molecule has 0 unspecified atom stereocenters. The van der Waals surface area contributed by atoms with Gasteiger partial charge in [0, 0.05) is 6.07 Å². The van der Waals surface area contributed by atoms with E-state index < -0.39 is 28.5 Å². The molecule has 128 valence electrons. The van der Waals surface area contributed by atoms with Crippen LogP contribution in [0, 0.1) is 0 Å². The summed E-state index contributed by atoms with van der Waals surface area (Å²) in [7, 11) is 0. The average Bonchev–Trinajstić information content (AvgIpc) is 2.50. The molecule has 2 aromatic rings. The van der Waals surface area contributed by atoms with Crippen LogP contribution in [0.3, 0.4) is 0 Å². The fourth-order valence-electron chi connectivity index (χ4n) is 1.91. The van der Waals surface area contributed by atoms with Gasteiger partial charge in [-0.2, -0.15) is 0 Å². The highest BCUT2D eigenvalue weighted by atomic mass is 16.6. The molecule has 0 aliphatic rings. The molecule has 0 aliphatic carbocycles. The molecule has 2 rings (SSSR count). The predicted molar refractivity (Wildman–Crippen MR) is 86.7 cm³/mol. The number of ether oxygens (including phenoxy) is 2. The van der Waals surface area contributed by atoms with E-state index in [1.165, 1.54) is 0 Å². The van der Waals surface area contributed by atoms with Crippen molar-refractivity contribution in [1.82, 2.24) is 0 Å².